The second-order valence-electron chi connectivity index (χ2n) is 4.56. The maximum atomic E-state index is 11.5. The van der Waals surface area contributed by atoms with Gasteiger partial charge >= 0.3 is 0 Å². The van der Waals surface area contributed by atoms with E-state index in [2.05, 4.69) is 38.5 Å². The molecule has 0 amide bonds. The van der Waals surface area contributed by atoms with E-state index in [-0.39, 0.29) is 6.04 Å². The Labute approximate surface area is 128 Å². The first kappa shape index (κ1) is 15.0. The molecule has 0 spiro atoms. The minimum absolute atomic E-state index is 0.142. The van der Waals surface area contributed by atoms with Gasteiger partial charge in [-0.15, -0.1) is 11.6 Å². The number of fused-ring (bicyclic) bond motifs is 1. The number of nitrogens with zero attached hydrogens (tertiary/aromatic N) is 2. The van der Waals surface area contributed by atoms with Crippen LogP contribution in [0, 0.1) is 0 Å². The summed E-state index contributed by atoms with van der Waals surface area (Å²) in [6, 6.07) is 6.16. The largest absolute Gasteiger partial charge is 0.324 e. The number of alkyl halides is 1. The summed E-state index contributed by atoms with van der Waals surface area (Å²) in [4.78, 5) is 4.63. The van der Waals surface area contributed by atoms with Gasteiger partial charge in [-0.1, -0.05) is 15.9 Å². The highest BCUT2D eigenvalue weighted by atomic mass is 79.9. The zero-order chi connectivity index (χ0) is 14.0. The smallest absolute Gasteiger partial charge is 0.111 e. The molecule has 0 aliphatic heterocycles. The number of imidazole rings is 1. The van der Waals surface area contributed by atoms with Gasteiger partial charge in [-0.2, -0.15) is 0 Å². The minimum atomic E-state index is -0.834. The Morgan fingerprint density at radius 1 is 1.53 bits per heavy atom. The molecule has 0 bridgehead atoms. The van der Waals surface area contributed by atoms with Crippen LogP contribution in [0.4, 0.5) is 0 Å². The molecule has 0 aliphatic carbocycles. The number of hydrogen-bond acceptors (Lipinski definition) is 2. The molecule has 2 atom stereocenters. The van der Waals surface area contributed by atoms with E-state index in [1.807, 2.05) is 12.1 Å². The summed E-state index contributed by atoms with van der Waals surface area (Å²) < 4.78 is 14.6. The van der Waals surface area contributed by atoms with Gasteiger partial charge in [0.2, 0.25) is 0 Å². The molecular formula is C13H16BrClN2OS. The molecular weight excluding hydrogens is 348 g/mol. The Morgan fingerprint density at radius 3 is 2.89 bits per heavy atom. The molecule has 0 N–H and O–H groups in total. The molecule has 3 nitrogen and oxygen atoms in total. The number of hydrogen-bond donors (Lipinski definition) is 0. The molecule has 19 heavy (non-hydrogen) atoms. The lowest BCUT2D eigenvalue weighted by Gasteiger charge is -2.16. The highest BCUT2D eigenvalue weighted by molar-refractivity contribution is 9.10. The van der Waals surface area contributed by atoms with Gasteiger partial charge in [-0.25, -0.2) is 4.98 Å². The Morgan fingerprint density at radius 2 is 2.26 bits per heavy atom. The van der Waals surface area contributed by atoms with Crippen molar-refractivity contribution in [2.75, 3.05) is 17.9 Å². The number of halogens is 2. The molecule has 0 aliphatic rings. The number of rotatable bonds is 5. The molecule has 2 aromatic rings. The van der Waals surface area contributed by atoms with E-state index < -0.39 is 10.8 Å². The number of benzene rings is 1. The average molecular weight is 364 g/mol. The monoisotopic (exact) mass is 362 g/mol. The first-order chi connectivity index (χ1) is 9.02. The molecule has 1 heterocycles. The zero-order valence-corrected chi connectivity index (χ0v) is 14.1. The molecule has 0 fully saturated rings. The summed E-state index contributed by atoms with van der Waals surface area (Å²) in [6.45, 7) is 2.07. The first-order valence-electron chi connectivity index (χ1n) is 6.05. The van der Waals surface area contributed by atoms with Gasteiger partial charge in [0.25, 0.3) is 0 Å². The predicted molar refractivity (Wildman–Crippen MR) is 85.5 cm³/mol. The van der Waals surface area contributed by atoms with E-state index in [4.69, 9.17) is 11.6 Å². The maximum Gasteiger partial charge on any atom is 0.111 e. The summed E-state index contributed by atoms with van der Waals surface area (Å²) in [5.41, 5.74) is 2.02. The van der Waals surface area contributed by atoms with Crippen LogP contribution < -0.4 is 0 Å². The third-order valence-corrected chi connectivity index (χ3v) is 4.59. The Kier molecular flexibility index (Phi) is 5.03. The van der Waals surface area contributed by atoms with Gasteiger partial charge in [0.05, 0.1) is 11.0 Å². The third kappa shape index (κ3) is 3.38. The lowest BCUT2D eigenvalue weighted by atomic mass is 10.3. The van der Waals surface area contributed by atoms with Crippen molar-refractivity contribution >= 4 is 49.4 Å². The van der Waals surface area contributed by atoms with Crippen molar-refractivity contribution in [1.29, 1.82) is 0 Å². The van der Waals surface area contributed by atoms with Crippen LogP contribution in [0.5, 0.6) is 0 Å². The van der Waals surface area contributed by atoms with Crippen molar-refractivity contribution in [3.05, 3.63) is 28.5 Å². The van der Waals surface area contributed by atoms with Crippen molar-refractivity contribution in [2.24, 2.45) is 0 Å². The average Bonchev–Trinajstić information content (AvgIpc) is 2.65. The molecule has 0 saturated heterocycles. The fourth-order valence-corrected chi connectivity index (χ4v) is 3.63. The van der Waals surface area contributed by atoms with Gasteiger partial charge in [0.1, 0.15) is 5.82 Å². The van der Waals surface area contributed by atoms with E-state index in [9.17, 15) is 4.21 Å². The van der Waals surface area contributed by atoms with Crippen LogP contribution in [-0.4, -0.2) is 31.6 Å². The van der Waals surface area contributed by atoms with Crippen molar-refractivity contribution in [2.45, 2.75) is 19.4 Å². The summed E-state index contributed by atoms with van der Waals surface area (Å²) in [5.74, 6) is 2.11. The third-order valence-electron chi connectivity index (χ3n) is 2.96. The van der Waals surface area contributed by atoms with Crippen molar-refractivity contribution in [3.63, 3.8) is 0 Å². The molecule has 2 rings (SSSR count). The van der Waals surface area contributed by atoms with E-state index in [0.29, 0.717) is 18.1 Å². The van der Waals surface area contributed by atoms with Crippen molar-refractivity contribution < 1.29 is 4.21 Å². The quantitative estimate of drug-likeness (QED) is 0.762. The second-order valence-corrected chi connectivity index (χ2v) is 7.33. The van der Waals surface area contributed by atoms with Gasteiger partial charge < -0.3 is 4.57 Å². The first-order valence-corrected chi connectivity index (χ1v) is 9.10. The van der Waals surface area contributed by atoms with Crippen LogP contribution in [0.15, 0.2) is 22.7 Å². The van der Waals surface area contributed by atoms with Gasteiger partial charge in [0.15, 0.2) is 0 Å². The predicted octanol–water partition coefficient (Wildman–Crippen LogP) is 3.52. The molecule has 0 radical (unpaired) electrons. The molecule has 1 aromatic carbocycles. The van der Waals surface area contributed by atoms with Crippen molar-refractivity contribution in [3.8, 4) is 0 Å². The van der Waals surface area contributed by atoms with Crippen LogP contribution in [0.3, 0.4) is 0 Å². The van der Waals surface area contributed by atoms with E-state index >= 15 is 0 Å². The lowest BCUT2D eigenvalue weighted by Crippen LogP contribution is -2.16. The Balaban J connectivity index is 2.55. The summed E-state index contributed by atoms with van der Waals surface area (Å²) in [7, 11) is -0.834. The highest BCUT2D eigenvalue weighted by Crippen LogP contribution is 2.25. The van der Waals surface area contributed by atoms with Crippen molar-refractivity contribution in [1.82, 2.24) is 9.55 Å². The Hall–Kier alpha value is -0.390. The van der Waals surface area contributed by atoms with E-state index in [1.54, 1.807) is 6.26 Å². The normalized spacial score (nSPS) is 14.7. The van der Waals surface area contributed by atoms with E-state index in [0.717, 1.165) is 21.3 Å². The Bertz CT molecular complexity index is 614. The van der Waals surface area contributed by atoms with Gasteiger partial charge in [0, 0.05) is 45.6 Å². The van der Waals surface area contributed by atoms with Gasteiger partial charge in [-0.05, 0) is 25.1 Å². The molecule has 1 aromatic heterocycles. The summed E-state index contributed by atoms with van der Waals surface area (Å²) in [5, 5.41) is 0. The zero-order valence-electron chi connectivity index (χ0n) is 10.9. The standard InChI is InChI=1S/C13H16BrClN2OS/c1-9(8-19(2)18)17-12-7-10(14)3-4-11(12)16-13(17)5-6-15/h3-4,7,9H,5-6,8H2,1-2H3. The molecule has 6 heteroatoms. The molecule has 104 valence electrons. The SMILES string of the molecule is CC(CS(C)=O)n1c(CCCl)nc2ccc(Br)cc21. The fraction of sp³-hybridized carbons (Fsp3) is 0.462. The lowest BCUT2D eigenvalue weighted by molar-refractivity contribution is 0.587. The summed E-state index contributed by atoms with van der Waals surface area (Å²) >= 11 is 9.34. The van der Waals surface area contributed by atoms with Gasteiger partial charge in [-0.3, -0.25) is 4.21 Å². The summed E-state index contributed by atoms with van der Waals surface area (Å²) in [6.07, 6.45) is 2.45. The fourth-order valence-electron chi connectivity index (χ4n) is 2.28. The van der Waals surface area contributed by atoms with Crippen LogP contribution in [0.2, 0.25) is 0 Å². The minimum Gasteiger partial charge on any atom is -0.324 e. The van der Waals surface area contributed by atoms with Crippen LogP contribution in [-0.2, 0) is 17.2 Å². The van der Waals surface area contributed by atoms with Crippen LogP contribution >= 0.6 is 27.5 Å². The number of aromatic nitrogens is 2. The van der Waals surface area contributed by atoms with Crippen LogP contribution in [0.25, 0.3) is 11.0 Å². The van der Waals surface area contributed by atoms with E-state index in [1.165, 1.54) is 0 Å². The highest BCUT2D eigenvalue weighted by Gasteiger charge is 2.16. The second kappa shape index (κ2) is 6.37. The topological polar surface area (TPSA) is 34.9 Å². The van der Waals surface area contributed by atoms with Crippen LogP contribution in [0.1, 0.15) is 18.8 Å². The maximum absolute atomic E-state index is 11.5. The number of aryl methyl sites for hydroxylation is 1. The molecule has 0 saturated carbocycles. The molecule has 2 unspecified atom stereocenters.